The SMILES string of the molecule is Cc1nn(C)c(Cl)c1S(=O)(=O)CCOC1CCOCC1. The number of nitrogens with zero attached hydrogens (tertiary/aromatic N) is 2. The average molecular weight is 323 g/mol. The minimum Gasteiger partial charge on any atom is -0.381 e. The van der Waals surface area contributed by atoms with Gasteiger partial charge in [-0.3, -0.25) is 4.68 Å². The van der Waals surface area contributed by atoms with E-state index in [1.54, 1.807) is 14.0 Å². The highest BCUT2D eigenvalue weighted by atomic mass is 35.5. The van der Waals surface area contributed by atoms with Gasteiger partial charge in [-0.1, -0.05) is 11.6 Å². The number of hydrogen-bond acceptors (Lipinski definition) is 5. The van der Waals surface area contributed by atoms with Gasteiger partial charge in [0.15, 0.2) is 9.84 Å². The summed E-state index contributed by atoms with van der Waals surface area (Å²) in [7, 11) is -1.86. The summed E-state index contributed by atoms with van der Waals surface area (Å²) in [6.45, 7) is 3.14. The smallest absolute Gasteiger partial charge is 0.185 e. The van der Waals surface area contributed by atoms with Crippen LogP contribution in [-0.2, 0) is 26.4 Å². The molecule has 0 radical (unpaired) electrons. The van der Waals surface area contributed by atoms with Crippen molar-refractivity contribution in [3.8, 4) is 0 Å². The minimum absolute atomic E-state index is 0.0867. The van der Waals surface area contributed by atoms with E-state index in [1.165, 1.54) is 4.68 Å². The zero-order valence-corrected chi connectivity index (χ0v) is 13.2. The van der Waals surface area contributed by atoms with Crippen LogP contribution < -0.4 is 0 Å². The summed E-state index contributed by atoms with van der Waals surface area (Å²) in [5.74, 6) is -0.0867. The van der Waals surface area contributed by atoms with E-state index in [-0.39, 0.29) is 28.5 Å². The highest BCUT2D eigenvalue weighted by molar-refractivity contribution is 7.91. The lowest BCUT2D eigenvalue weighted by atomic mass is 10.2. The second-order valence-electron chi connectivity index (χ2n) is 4.83. The molecule has 1 aliphatic rings. The number of hydrogen-bond donors (Lipinski definition) is 0. The van der Waals surface area contributed by atoms with E-state index in [4.69, 9.17) is 21.1 Å². The molecule has 0 amide bonds. The summed E-state index contributed by atoms with van der Waals surface area (Å²) < 4.78 is 36.8. The maximum absolute atomic E-state index is 12.3. The average Bonchev–Trinajstić information content (AvgIpc) is 2.64. The van der Waals surface area contributed by atoms with E-state index in [9.17, 15) is 8.42 Å². The van der Waals surface area contributed by atoms with Gasteiger partial charge in [0.05, 0.1) is 24.2 Å². The molecule has 0 bridgehead atoms. The molecule has 6 nitrogen and oxygen atoms in total. The quantitative estimate of drug-likeness (QED) is 0.818. The Morgan fingerprint density at radius 3 is 2.65 bits per heavy atom. The van der Waals surface area contributed by atoms with Crippen LogP contribution in [0.25, 0.3) is 0 Å². The molecule has 1 aromatic rings. The van der Waals surface area contributed by atoms with E-state index in [0.717, 1.165) is 12.8 Å². The highest BCUT2D eigenvalue weighted by Crippen LogP contribution is 2.25. The first-order chi connectivity index (χ1) is 9.42. The standard InChI is InChI=1S/C12H19ClN2O4S/c1-9-11(12(13)15(2)14-9)20(16,17)8-7-19-10-3-5-18-6-4-10/h10H,3-8H2,1-2H3. The van der Waals surface area contributed by atoms with Crippen LogP contribution in [0.15, 0.2) is 4.90 Å². The lowest BCUT2D eigenvalue weighted by Crippen LogP contribution is -2.25. The van der Waals surface area contributed by atoms with Crippen LogP contribution in [0.3, 0.4) is 0 Å². The van der Waals surface area contributed by atoms with Gasteiger partial charge < -0.3 is 9.47 Å². The molecule has 1 fully saturated rings. The number of sulfone groups is 1. The number of ether oxygens (including phenoxy) is 2. The lowest BCUT2D eigenvalue weighted by Gasteiger charge is -2.22. The third-order valence-corrected chi connectivity index (χ3v) is 5.65. The molecule has 0 unspecified atom stereocenters. The molecule has 114 valence electrons. The predicted octanol–water partition coefficient (Wildman–Crippen LogP) is 1.35. The highest BCUT2D eigenvalue weighted by Gasteiger charge is 2.25. The maximum Gasteiger partial charge on any atom is 0.185 e. The summed E-state index contributed by atoms with van der Waals surface area (Å²) in [4.78, 5) is 0.109. The van der Waals surface area contributed by atoms with Crippen molar-refractivity contribution in [2.75, 3.05) is 25.6 Å². The summed E-state index contributed by atoms with van der Waals surface area (Å²) in [6, 6.07) is 0. The molecule has 2 rings (SSSR count). The van der Waals surface area contributed by atoms with E-state index in [0.29, 0.717) is 18.9 Å². The Kier molecular flexibility index (Phi) is 5.06. The summed E-state index contributed by atoms with van der Waals surface area (Å²) in [5.41, 5.74) is 0.420. The summed E-state index contributed by atoms with van der Waals surface area (Å²) >= 11 is 5.99. The normalized spacial score (nSPS) is 17.6. The molecule has 0 atom stereocenters. The van der Waals surface area contributed by atoms with Crippen LogP contribution in [0.4, 0.5) is 0 Å². The fraction of sp³-hybridized carbons (Fsp3) is 0.750. The van der Waals surface area contributed by atoms with Crippen LogP contribution >= 0.6 is 11.6 Å². The largest absolute Gasteiger partial charge is 0.381 e. The third-order valence-electron chi connectivity index (χ3n) is 3.29. The van der Waals surface area contributed by atoms with Gasteiger partial charge in [0, 0.05) is 20.3 Å². The first-order valence-corrected chi connectivity index (χ1v) is 8.56. The number of aryl methyl sites for hydroxylation is 2. The molecular weight excluding hydrogens is 304 g/mol. The topological polar surface area (TPSA) is 70.4 Å². The predicted molar refractivity (Wildman–Crippen MR) is 74.8 cm³/mol. The third kappa shape index (κ3) is 3.52. The van der Waals surface area contributed by atoms with Gasteiger partial charge in [-0.2, -0.15) is 5.10 Å². The molecule has 2 heterocycles. The molecule has 20 heavy (non-hydrogen) atoms. The number of aromatic nitrogens is 2. The fourth-order valence-corrected chi connectivity index (χ4v) is 4.16. The first kappa shape index (κ1) is 15.8. The van der Waals surface area contributed by atoms with Crippen LogP contribution in [0.2, 0.25) is 5.15 Å². The van der Waals surface area contributed by atoms with Gasteiger partial charge in [0.1, 0.15) is 10.0 Å². The van der Waals surface area contributed by atoms with Crippen molar-refractivity contribution in [3.63, 3.8) is 0 Å². The Balaban J connectivity index is 1.97. The molecular formula is C12H19ClN2O4S. The first-order valence-electron chi connectivity index (χ1n) is 6.53. The van der Waals surface area contributed by atoms with E-state index < -0.39 is 9.84 Å². The molecule has 1 aromatic heterocycles. The molecule has 1 aliphatic heterocycles. The lowest BCUT2D eigenvalue weighted by molar-refractivity contribution is -0.0266. The molecule has 0 saturated carbocycles. The number of rotatable bonds is 5. The van der Waals surface area contributed by atoms with Crippen LogP contribution in [-0.4, -0.2) is 49.9 Å². The summed E-state index contributed by atoms with van der Waals surface area (Å²) in [5, 5.41) is 4.17. The Morgan fingerprint density at radius 1 is 1.45 bits per heavy atom. The van der Waals surface area contributed by atoms with Gasteiger partial charge in [-0.05, 0) is 19.8 Å². The van der Waals surface area contributed by atoms with Crippen molar-refractivity contribution in [2.24, 2.45) is 7.05 Å². The summed E-state index contributed by atoms with van der Waals surface area (Å²) in [6.07, 6.45) is 1.71. The monoisotopic (exact) mass is 322 g/mol. The molecule has 0 spiro atoms. The van der Waals surface area contributed by atoms with E-state index in [1.807, 2.05) is 0 Å². The zero-order chi connectivity index (χ0) is 14.8. The van der Waals surface area contributed by atoms with Crippen molar-refractivity contribution < 1.29 is 17.9 Å². The van der Waals surface area contributed by atoms with Gasteiger partial charge in [-0.25, -0.2) is 8.42 Å². The Labute approximate surface area is 123 Å². The molecule has 1 saturated heterocycles. The zero-order valence-electron chi connectivity index (χ0n) is 11.6. The molecule has 0 aliphatic carbocycles. The fourth-order valence-electron chi connectivity index (χ4n) is 2.23. The van der Waals surface area contributed by atoms with Crippen molar-refractivity contribution >= 4 is 21.4 Å². The molecule has 8 heteroatoms. The Morgan fingerprint density at radius 2 is 2.10 bits per heavy atom. The van der Waals surface area contributed by atoms with Crippen LogP contribution in [0.1, 0.15) is 18.5 Å². The van der Waals surface area contributed by atoms with E-state index in [2.05, 4.69) is 5.10 Å². The molecule has 0 N–H and O–H groups in total. The van der Waals surface area contributed by atoms with Crippen LogP contribution in [0, 0.1) is 6.92 Å². The van der Waals surface area contributed by atoms with Gasteiger partial charge in [0.25, 0.3) is 0 Å². The molecule has 0 aromatic carbocycles. The van der Waals surface area contributed by atoms with Gasteiger partial charge >= 0.3 is 0 Å². The second kappa shape index (κ2) is 6.43. The van der Waals surface area contributed by atoms with Crippen molar-refractivity contribution in [1.29, 1.82) is 0 Å². The Bertz CT molecular complexity index is 564. The van der Waals surface area contributed by atoms with Crippen molar-refractivity contribution in [1.82, 2.24) is 9.78 Å². The van der Waals surface area contributed by atoms with Gasteiger partial charge in [0.2, 0.25) is 0 Å². The van der Waals surface area contributed by atoms with Crippen molar-refractivity contribution in [2.45, 2.75) is 30.8 Å². The van der Waals surface area contributed by atoms with E-state index >= 15 is 0 Å². The minimum atomic E-state index is -3.47. The van der Waals surface area contributed by atoms with Crippen molar-refractivity contribution in [3.05, 3.63) is 10.8 Å². The Hall–Kier alpha value is -0.630. The maximum atomic E-state index is 12.3. The second-order valence-corrected chi connectivity index (χ2v) is 7.23. The number of halogens is 1. The van der Waals surface area contributed by atoms with Crippen LogP contribution in [0.5, 0.6) is 0 Å². The van der Waals surface area contributed by atoms with Gasteiger partial charge in [-0.15, -0.1) is 0 Å².